The number of nitrogens with zero attached hydrogens (tertiary/aromatic N) is 2. The lowest BCUT2D eigenvalue weighted by Gasteiger charge is -2.21. The molecule has 1 heterocycles. The number of benzene rings is 1. The Morgan fingerprint density at radius 1 is 1.29 bits per heavy atom. The number of rotatable bonds is 1. The van der Waals surface area contributed by atoms with E-state index in [1.54, 1.807) is 0 Å². The van der Waals surface area contributed by atoms with Crippen molar-refractivity contribution in [1.29, 1.82) is 0 Å². The van der Waals surface area contributed by atoms with Gasteiger partial charge < -0.3 is 14.9 Å². The third-order valence-corrected chi connectivity index (χ3v) is 3.71. The van der Waals surface area contributed by atoms with Crippen LogP contribution in [0.15, 0.2) is 18.2 Å². The lowest BCUT2D eigenvalue weighted by molar-refractivity contribution is 0.0762. The number of amides is 1. The van der Waals surface area contributed by atoms with E-state index in [0.29, 0.717) is 11.1 Å². The number of hydrogen-bond donors (Lipinski definition) is 1. The van der Waals surface area contributed by atoms with Gasteiger partial charge in [0.15, 0.2) is 0 Å². The molecular formula is C17H22N2O2. The zero-order chi connectivity index (χ0) is 15.2. The van der Waals surface area contributed by atoms with Crippen LogP contribution in [0.1, 0.15) is 27.9 Å². The third-order valence-electron chi connectivity index (χ3n) is 3.71. The van der Waals surface area contributed by atoms with Crippen molar-refractivity contribution in [2.24, 2.45) is 0 Å². The highest BCUT2D eigenvalue weighted by Crippen LogP contribution is 2.15. The predicted octanol–water partition coefficient (Wildman–Crippen LogP) is 1.12. The topological polar surface area (TPSA) is 43.8 Å². The summed E-state index contributed by atoms with van der Waals surface area (Å²) in [6.45, 7) is 5.22. The second-order valence-corrected chi connectivity index (χ2v) is 5.46. The molecule has 0 aromatic heterocycles. The Labute approximate surface area is 126 Å². The molecule has 1 fully saturated rings. The molecule has 4 nitrogen and oxygen atoms in total. The van der Waals surface area contributed by atoms with Crippen LogP contribution >= 0.6 is 0 Å². The maximum Gasteiger partial charge on any atom is 0.255 e. The van der Waals surface area contributed by atoms with Crippen LogP contribution in [0.4, 0.5) is 0 Å². The van der Waals surface area contributed by atoms with Crippen molar-refractivity contribution < 1.29 is 9.90 Å². The smallest absolute Gasteiger partial charge is 0.255 e. The van der Waals surface area contributed by atoms with Crippen LogP contribution < -0.4 is 0 Å². The first kappa shape index (κ1) is 15.6. The average molecular weight is 286 g/mol. The molecule has 1 N–H and O–H groups in total. The molecule has 112 valence electrons. The van der Waals surface area contributed by atoms with Crippen LogP contribution in [0.25, 0.3) is 0 Å². The molecule has 0 saturated carbocycles. The lowest BCUT2D eigenvalue weighted by Crippen LogP contribution is -2.35. The van der Waals surface area contributed by atoms with Crippen molar-refractivity contribution in [1.82, 2.24) is 9.80 Å². The quantitative estimate of drug-likeness (QED) is 0.787. The summed E-state index contributed by atoms with van der Waals surface area (Å²) in [6.07, 6.45) is 0.992. The second-order valence-electron chi connectivity index (χ2n) is 5.46. The number of aliphatic hydroxyl groups excluding tert-OH is 1. The molecule has 0 spiro atoms. The van der Waals surface area contributed by atoms with E-state index in [1.807, 2.05) is 30.0 Å². The van der Waals surface area contributed by atoms with E-state index in [4.69, 9.17) is 5.11 Å². The van der Waals surface area contributed by atoms with Gasteiger partial charge >= 0.3 is 0 Å². The van der Waals surface area contributed by atoms with Crippen molar-refractivity contribution >= 4 is 5.91 Å². The minimum atomic E-state index is -0.198. The molecule has 4 heteroatoms. The van der Waals surface area contributed by atoms with Crippen LogP contribution in [-0.4, -0.2) is 60.6 Å². The summed E-state index contributed by atoms with van der Waals surface area (Å²) in [5, 5.41) is 8.85. The van der Waals surface area contributed by atoms with Crippen LogP contribution in [0.3, 0.4) is 0 Å². The van der Waals surface area contributed by atoms with Gasteiger partial charge in [0.25, 0.3) is 5.91 Å². The largest absolute Gasteiger partial charge is 0.384 e. The molecule has 1 aromatic carbocycles. The van der Waals surface area contributed by atoms with E-state index >= 15 is 0 Å². The lowest BCUT2D eigenvalue weighted by atomic mass is 10.0. The van der Waals surface area contributed by atoms with Crippen molar-refractivity contribution in [2.75, 3.05) is 39.8 Å². The van der Waals surface area contributed by atoms with Crippen LogP contribution in [0, 0.1) is 18.8 Å². The fraction of sp³-hybridized carbons (Fsp3) is 0.471. The Morgan fingerprint density at radius 2 is 2.10 bits per heavy atom. The highest BCUT2D eigenvalue weighted by Gasteiger charge is 2.20. The summed E-state index contributed by atoms with van der Waals surface area (Å²) in [5.74, 6) is 5.54. The second kappa shape index (κ2) is 7.26. The minimum Gasteiger partial charge on any atom is -0.384 e. The molecule has 0 bridgehead atoms. The van der Waals surface area contributed by atoms with Gasteiger partial charge in [0.2, 0.25) is 0 Å². The van der Waals surface area contributed by atoms with Gasteiger partial charge in [-0.15, -0.1) is 0 Å². The Balaban J connectivity index is 2.27. The van der Waals surface area contributed by atoms with Gasteiger partial charge in [-0.2, -0.15) is 0 Å². The highest BCUT2D eigenvalue weighted by atomic mass is 16.2. The van der Waals surface area contributed by atoms with Gasteiger partial charge in [-0.1, -0.05) is 23.5 Å². The van der Waals surface area contributed by atoms with Gasteiger partial charge in [0.05, 0.1) is 5.56 Å². The molecule has 1 saturated heterocycles. The summed E-state index contributed by atoms with van der Waals surface area (Å²) in [4.78, 5) is 16.9. The predicted molar refractivity (Wildman–Crippen MR) is 83.2 cm³/mol. The Hall–Kier alpha value is -1.83. The Kier molecular flexibility index (Phi) is 5.38. The summed E-state index contributed by atoms with van der Waals surface area (Å²) >= 11 is 0. The van der Waals surface area contributed by atoms with Gasteiger partial charge in [0, 0.05) is 25.2 Å². The van der Waals surface area contributed by atoms with Crippen LogP contribution in [-0.2, 0) is 0 Å². The minimum absolute atomic E-state index is 0.0382. The molecule has 1 aromatic rings. The fourth-order valence-corrected chi connectivity index (χ4v) is 2.50. The number of carbonyl (C=O) groups is 1. The third kappa shape index (κ3) is 4.07. The number of aliphatic hydroxyl groups is 1. The maximum atomic E-state index is 12.8. The first-order chi connectivity index (χ1) is 10.1. The number of likely N-dealkylation sites (N-methyl/N-ethyl adjacent to an activating group) is 1. The molecule has 0 aliphatic carbocycles. The molecule has 0 radical (unpaired) electrons. The SMILES string of the molecule is Cc1ccc(C#CCO)c(C(=O)N2CCCN(C)CC2)c1. The number of carbonyl (C=O) groups excluding carboxylic acids is 1. The van der Waals surface area contributed by atoms with Crippen molar-refractivity contribution in [2.45, 2.75) is 13.3 Å². The van der Waals surface area contributed by atoms with E-state index in [0.717, 1.165) is 38.2 Å². The van der Waals surface area contributed by atoms with Gasteiger partial charge in [-0.05, 0) is 39.1 Å². The molecule has 1 aliphatic rings. The zero-order valence-corrected chi connectivity index (χ0v) is 12.7. The molecular weight excluding hydrogens is 264 g/mol. The molecule has 2 rings (SSSR count). The molecule has 0 atom stereocenters. The number of hydrogen-bond acceptors (Lipinski definition) is 3. The van der Waals surface area contributed by atoms with Crippen molar-refractivity contribution in [3.63, 3.8) is 0 Å². The normalized spacial score (nSPS) is 16.0. The monoisotopic (exact) mass is 286 g/mol. The van der Waals surface area contributed by atoms with Crippen LogP contribution in [0.2, 0.25) is 0 Å². The van der Waals surface area contributed by atoms with E-state index in [9.17, 15) is 4.79 Å². The summed E-state index contributed by atoms with van der Waals surface area (Å²) < 4.78 is 0. The maximum absolute atomic E-state index is 12.8. The van der Waals surface area contributed by atoms with E-state index in [-0.39, 0.29) is 12.5 Å². The average Bonchev–Trinajstić information content (AvgIpc) is 2.70. The fourth-order valence-electron chi connectivity index (χ4n) is 2.50. The van der Waals surface area contributed by atoms with Gasteiger partial charge in [-0.25, -0.2) is 0 Å². The van der Waals surface area contributed by atoms with E-state index in [2.05, 4.69) is 23.8 Å². The first-order valence-electron chi connectivity index (χ1n) is 7.30. The zero-order valence-electron chi connectivity index (χ0n) is 12.7. The van der Waals surface area contributed by atoms with Gasteiger partial charge in [-0.3, -0.25) is 4.79 Å². The highest BCUT2D eigenvalue weighted by molar-refractivity contribution is 5.97. The molecule has 1 amide bonds. The molecule has 0 unspecified atom stereocenters. The first-order valence-corrected chi connectivity index (χ1v) is 7.30. The van der Waals surface area contributed by atoms with Crippen molar-refractivity contribution in [3.8, 4) is 11.8 Å². The standard InChI is InChI=1S/C17H22N2O2/c1-14-6-7-15(5-3-12-20)16(13-14)17(21)19-9-4-8-18(2)10-11-19/h6-7,13,20H,4,8-12H2,1-2H3. The molecule has 21 heavy (non-hydrogen) atoms. The van der Waals surface area contributed by atoms with Crippen LogP contribution in [0.5, 0.6) is 0 Å². The van der Waals surface area contributed by atoms with E-state index < -0.39 is 0 Å². The summed E-state index contributed by atoms with van der Waals surface area (Å²) in [5.41, 5.74) is 2.37. The summed E-state index contributed by atoms with van der Waals surface area (Å²) in [7, 11) is 2.08. The number of aryl methyl sites for hydroxylation is 1. The summed E-state index contributed by atoms with van der Waals surface area (Å²) in [6, 6.07) is 5.68. The van der Waals surface area contributed by atoms with Gasteiger partial charge in [0.1, 0.15) is 6.61 Å². The van der Waals surface area contributed by atoms with Crippen molar-refractivity contribution in [3.05, 3.63) is 34.9 Å². The Morgan fingerprint density at radius 3 is 2.86 bits per heavy atom. The molecule has 1 aliphatic heterocycles. The van der Waals surface area contributed by atoms with E-state index in [1.165, 1.54) is 0 Å². The Bertz CT molecular complexity index is 572.